The van der Waals surface area contributed by atoms with Crippen LogP contribution >= 0.6 is 0 Å². The van der Waals surface area contributed by atoms with Crippen LogP contribution in [0.15, 0.2) is 72.4 Å². The first-order valence-corrected chi connectivity index (χ1v) is 10.9. The highest BCUT2D eigenvalue weighted by Gasteiger charge is 2.21. The summed E-state index contributed by atoms with van der Waals surface area (Å²) < 4.78 is 5.15. The summed E-state index contributed by atoms with van der Waals surface area (Å²) in [6, 6.07) is 11.3. The molecule has 2 N–H and O–H groups in total. The summed E-state index contributed by atoms with van der Waals surface area (Å²) in [5.74, 6) is 0.815. The average Bonchev–Trinajstić information content (AvgIpc) is 3.29. The Morgan fingerprint density at radius 1 is 1.15 bits per heavy atom. The third kappa shape index (κ3) is 3.75. The van der Waals surface area contributed by atoms with E-state index >= 15 is 0 Å². The molecule has 0 aliphatic rings. The first kappa shape index (κ1) is 21.6. The van der Waals surface area contributed by atoms with Crippen molar-refractivity contribution in [1.82, 2.24) is 28.9 Å². The molecular formula is C25H25N7O2. The fraction of sp³-hybridized carbons (Fsp3) is 0.200. The van der Waals surface area contributed by atoms with E-state index in [1.807, 2.05) is 36.0 Å². The second kappa shape index (κ2) is 7.96. The van der Waals surface area contributed by atoms with Crippen molar-refractivity contribution >= 4 is 33.4 Å². The SMILES string of the molecule is C=CCn1c(=O)c2cnc(Nc3ccc4cn(C)cc4c3)nc2n1-c1cccc(C(C)(C)O)n1. The minimum absolute atomic E-state index is 0.248. The Balaban J connectivity index is 1.65. The maximum Gasteiger partial charge on any atom is 0.278 e. The highest BCUT2D eigenvalue weighted by atomic mass is 16.3. The maximum atomic E-state index is 13.1. The number of hydrogen-bond acceptors (Lipinski definition) is 6. The van der Waals surface area contributed by atoms with Gasteiger partial charge in [-0.25, -0.2) is 19.3 Å². The van der Waals surface area contributed by atoms with Gasteiger partial charge in [0.15, 0.2) is 11.5 Å². The van der Waals surface area contributed by atoms with Gasteiger partial charge in [-0.3, -0.25) is 4.79 Å². The molecule has 9 heteroatoms. The number of fused-ring (bicyclic) bond motifs is 2. The molecule has 0 atom stereocenters. The van der Waals surface area contributed by atoms with Gasteiger partial charge in [-0.1, -0.05) is 18.2 Å². The summed E-state index contributed by atoms with van der Waals surface area (Å²) in [5.41, 5.74) is 0.334. The van der Waals surface area contributed by atoms with Crippen molar-refractivity contribution in [2.75, 3.05) is 5.32 Å². The summed E-state index contributed by atoms with van der Waals surface area (Å²) in [7, 11) is 1.98. The number of nitrogens with zero attached hydrogens (tertiary/aromatic N) is 6. The second-order valence-corrected chi connectivity index (χ2v) is 8.75. The van der Waals surface area contributed by atoms with Crippen LogP contribution in [0.25, 0.3) is 27.6 Å². The zero-order valence-corrected chi connectivity index (χ0v) is 19.2. The Morgan fingerprint density at radius 2 is 1.94 bits per heavy atom. The smallest absolute Gasteiger partial charge is 0.278 e. The molecule has 0 radical (unpaired) electrons. The Kier molecular flexibility index (Phi) is 5.06. The monoisotopic (exact) mass is 455 g/mol. The molecule has 0 saturated carbocycles. The number of hydrogen-bond donors (Lipinski definition) is 2. The van der Waals surface area contributed by atoms with Crippen molar-refractivity contribution < 1.29 is 5.11 Å². The lowest BCUT2D eigenvalue weighted by atomic mass is 10.1. The van der Waals surface area contributed by atoms with Crippen LogP contribution in [0.4, 0.5) is 11.6 Å². The molecule has 4 heterocycles. The fourth-order valence-corrected chi connectivity index (χ4v) is 3.98. The second-order valence-electron chi connectivity index (χ2n) is 8.75. The Morgan fingerprint density at radius 3 is 2.71 bits per heavy atom. The van der Waals surface area contributed by atoms with E-state index in [4.69, 9.17) is 0 Å². The zero-order valence-electron chi connectivity index (χ0n) is 19.2. The lowest BCUT2D eigenvalue weighted by molar-refractivity contribution is 0.0738. The molecule has 0 saturated heterocycles. The van der Waals surface area contributed by atoms with Crippen LogP contribution in [0, 0.1) is 0 Å². The highest BCUT2D eigenvalue weighted by molar-refractivity contribution is 5.86. The first-order chi connectivity index (χ1) is 16.2. The van der Waals surface area contributed by atoms with Crippen LogP contribution in [0.5, 0.6) is 0 Å². The first-order valence-electron chi connectivity index (χ1n) is 10.9. The van der Waals surface area contributed by atoms with E-state index < -0.39 is 5.60 Å². The molecule has 9 nitrogen and oxygen atoms in total. The molecule has 0 aliphatic carbocycles. The highest BCUT2D eigenvalue weighted by Crippen LogP contribution is 2.24. The number of nitrogens with one attached hydrogen (secondary N) is 1. The number of anilines is 2. The summed E-state index contributed by atoms with van der Waals surface area (Å²) in [5, 5.41) is 16.3. The van der Waals surface area contributed by atoms with Crippen molar-refractivity contribution in [2.24, 2.45) is 7.05 Å². The lowest BCUT2D eigenvalue weighted by Crippen LogP contribution is -2.23. The number of pyridine rings is 1. The van der Waals surface area contributed by atoms with Crippen molar-refractivity contribution in [2.45, 2.75) is 26.0 Å². The summed E-state index contributed by atoms with van der Waals surface area (Å²) in [6.07, 6.45) is 7.25. The topological polar surface area (TPSA) is 103 Å². The number of aryl methyl sites for hydroxylation is 1. The summed E-state index contributed by atoms with van der Waals surface area (Å²) in [6.45, 7) is 7.36. The summed E-state index contributed by atoms with van der Waals surface area (Å²) >= 11 is 0. The van der Waals surface area contributed by atoms with Crippen LogP contribution in [0.1, 0.15) is 19.5 Å². The Bertz CT molecular complexity index is 1600. The molecule has 0 fully saturated rings. The minimum atomic E-state index is -1.14. The van der Waals surface area contributed by atoms with Gasteiger partial charge in [0.1, 0.15) is 11.0 Å². The van der Waals surface area contributed by atoms with Gasteiger partial charge in [0.25, 0.3) is 5.56 Å². The van der Waals surface area contributed by atoms with E-state index in [1.165, 1.54) is 10.9 Å². The van der Waals surface area contributed by atoms with Crippen LogP contribution in [0.3, 0.4) is 0 Å². The molecule has 34 heavy (non-hydrogen) atoms. The third-order valence-corrected chi connectivity index (χ3v) is 5.58. The van der Waals surface area contributed by atoms with Crippen molar-refractivity contribution in [3.63, 3.8) is 0 Å². The van der Waals surface area contributed by atoms with E-state index in [1.54, 1.807) is 42.8 Å². The largest absolute Gasteiger partial charge is 0.384 e. The maximum absolute atomic E-state index is 13.1. The zero-order chi connectivity index (χ0) is 24.0. The molecule has 0 spiro atoms. The molecule has 5 aromatic rings. The van der Waals surface area contributed by atoms with Crippen LogP contribution in [0.2, 0.25) is 0 Å². The Labute approximate surface area is 195 Å². The quantitative estimate of drug-likeness (QED) is 0.379. The predicted molar refractivity (Wildman–Crippen MR) is 133 cm³/mol. The lowest BCUT2D eigenvalue weighted by Gasteiger charge is -2.18. The van der Waals surface area contributed by atoms with E-state index in [0.29, 0.717) is 28.5 Å². The fourth-order valence-electron chi connectivity index (χ4n) is 3.98. The van der Waals surface area contributed by atoms with Crippen molar-refractivity contribution in [3.05, 3.63) is 83.7 Å². The summed E-state index contributed by atoms with van der Waals surface area (Å²) in [4.78, 5) is 26.8. The number of rotatable bonds is 6. The standard InChI is InChI=1S/C25H25N7O2/c1-5-11-31-23(33)19-13-26-24(27-18-10-9-16-14-30(4)15-17(16)12-18)29-22(19)32(31)21-8-6-7-20(28-21)25(2,3)34/h5-10,12-15,34H,1,11H2,2-4H3,(H,26,27,29). The van der Waals surface area contributed by atoms with Crippen LogP contribution in [-0.4, -0.2) is 34.0 Å². The van der Waals surface area contributed by atoms with Crippen molar-refractivity contribution in [1.29, 1.82) is 0 Å². The molecule has 5 rings (SSSR count). The van der Waals surface area contributed by atoms with Crippen LogP contribution < -0.4 is 10.9 Å². The van der Waals surface area contributed by atoms with Gasteiger partial charge in [0.2, 0.25) is 5.95 Å². The van der Waals surface area contributed by atoms with E-state index in [2.05, 4.69) is 33.0 Å². The third-order valence-electron chi connectivity index (χ3n) is 5.58. The van der Waals surface area contributed by atoms with Gasteiger partial charge in [0.05, 0.1) is 12.2 Å². The molecule has 1 aromatic carbocycles. The molecule has 0 unspecified atom stereocenters. The van der Waals surface area contributed by atoms with E-state index in [0.717, 1.165) is 16.5 Å². The molecule has 0 amide bonds. The molecule has 0 bridgehead atoms. The Hall–Kier alpha value is -4.24. The number of benzene rings is 1. The van der Waals surface area contributed by atoms with Gasteiger partial charge >= 0.3 is 0 Å². The number of aromatic nitrogens is 6. The molecule has 0 aliphatic heterocycles. The van der Waals surface area contributed by atoms with Gasteiger partial charge < -0.3 is 15.0 Å². The molecule has 172 valence electrons. The number of allylic oxidation sites excluding steroid dienone is 1. The normalized spacial score (nSPS) is 11.9. The van der Waals surface area contributed by atoms with E-state index in [-0.39, 0.29) is 12.1 Å². The van der Waals surface area contributed by atoms with E-state index in [9.17, 15) is 9.90 Å². The van der Waals surface area contributed by atoms with Crippen LogP contribution in [-0.2, 0) is 19.2 Å². The van der Waals surface area contributed by atoms with Crippen molar-refractivity contribution in [3.8, 4) is 5.82 Å². The van der Waals surface area contributed by atoms with Gasteiger partial charge in [-0.05, 0) is 43.5 Å². The van der Waals surface area contributed by atoms with Gasteiger partial charge in [0, 0.05) is 36.7 Å². The molecular weight excluding hydrogens is 430 g/mol. The predicted octanol–water partition coefficient (Wildman–Crippen LogP) is 3.63. The van der Waals surface area contributed by atoms with Gasteiger partial charge in [-0.15, -0.1) is 6.58 Å². The number of aliphatic hydroxyl groups is 1. The molecule has 4 aromatic heterocycles. The minimum Gasteiger partial charge on any atom is -0.384 e. The average molecular weight is 456 g/mol. The van der Waals surface area contributed by atoms with Gasteiger partial charge in [-0.2, -0.15) is 4.98 Å².